The van der Waals surface area contributed by atoms with Crippen LogP contribution >= 0.6 is 11.8 Å². The molecule has 15 heavy (non-hydrogen) atoms. The quantitative estimate of drug-likeness (QED) is 0.700. The molecule has 0 aliphatic rings. The Balaban J connectivity index is 2.25. The normalized spacial score (nSPS) is 10.6. The van der Waals surface area contributed by atoms with Gasteiger partial charge in [-0.3, -0.25) is 4.79 Å². The standard InChI is InChI=1S/C13H18OS/c1-11(2)7-6-10-15-13(14)12-8-4-3-5-9-12/h3-5,8-9,11H,6-7,10H2,1-2H3. The molecule has 0 heterocycles. The minimum Gasteiger partial charge on any atom is -0.282 e. The Labute approximate surface area is 96.3 Å². The lowest BCUT2D eigenvalue weighted by Gasteiger charge is -2.03. The van der Waals surface area contributed by atoms with Crippen molar-refractivity contribution in [2.75, 3.05) is 5.75 Å². The highest BCUT2D eigenvalue weighted by Crippen LogP contribution is 2.15. The molecule has 1 aromatic rings. The molecular formula is C13H18OS. The van der Waals surface area contributed by atoms with Crippen LogP contribution in [-0.2, 0) is 0 Å². The Hall–Kier alpha value is -0.760. The van der Waals surface area contributed by atoms with E-state index in [1.54, 1.807) is 0 Å². The summed E-state index contributed by atoms with van der Waals surface area (Å²) in [5, 5.41) is 0.194. The van der Waals surface area contributed by atoms with Crippen molar-refractivity contribution in [3.63, 3.8) is 0 Å². The van der Waals surface area contributed by atoms with Crippen molar-refractivity contribution in [1.29, 1.82) is 0 Å². The first-order chi connectivity index (χ1) is 7.20. The lowest BCUT2D eigenvalue weighted by Crippen LogP contribution is -1.95. The number of hydrogen-bond acceptors (Lipinski definition) is 2. The molecule has 0 aliphatic carbocycles. The van der Waals surface area contributed by atoms with Gasteiger partial charge in [-0.1, -0.05) is 62.4 Å². The molecule has 2 heteroatoms. The number of thioether (sulfide) groups is 1. The van der Waals surface area contributed by atoms with E-state index in [0.29, 0.717) is 0 Å². The number of rotatable bonds is 5. The fraction of sp³-hybridized carbons (Fsp3) is 0.462. The molecule has 0 bridgehead atoms. The summed E-state index contributed by atoms with van der Waals surface area (Å²) in [6.45, 7) is 4.42. The predicted molar refractivity (Wildman–Crippen MR) is 67.3 cm³/mol. The molecule has 0 saturated heterocycles. The lowest BCUT2D eigenvalue weighted by molar-refractivity contribution is 0.108. The van der Waals surface area contributed by atoms with E-state index in [2.05, 4.69) is 13.8 Å². The van der Waals surface area contributed by atoms with Crippen LogP contribution in [0.3, 0.4) is 0 Å². The highest BCUT2D eigenvalue weighted by atomic mass is 32.2. The van der Waals surface area contributed by atoms with Crippen LogP contribution in [0.5, 0.6) is 0 Å². The van der Waals surface area contributed by atoms with Crippen LogP contribution in [0.1, 0.15) is 37.0 Å². The van der Waals surface area contributed by atoms with Crippen molar-refractivity contribution < 1.29 is 4.79 Å². The van der Waals surface area contributed by atoms with E-state index in [0.717, 1.165) is 23.7 Å². The van der Waals surface area contributed by atoms with Gasteiger partial charge in [-0.2, -0.15) is 0 Å². The van der Waals surface area contributed by atoms with Gasteiger partial charge >= 0.3 is 0 Å². The SMILES string of the molecule is CC(C)CCCSC(=O)c1ccccc1. The monoisotopic (exact) mass is 222 g/mol. The maximum atomic E-state index is 11.7. The molecule has 1 aromatic carbocycles. The molecule has 1 nitrogen and oxygen atoms in total. The molecule has 0 fully saturated rings. The van der Waals surface area contributed by atoms with Gasteiger partial charge in [-0.25, -0.2) is 0 Å². The van der Waals surface area contributed by atoms with Gasteiger partial charge in [0.1, 0.15) is 0 Å². The Morgan fingerprint density at radius 2 is 1.93 bits per heavy atom. The minimum absolute atomic E-state index is 0.194. The highest BCUT2D eigenvalue weighted by molar-refractivity contribution is 8.14. The molecular weight excluding hydrogens is 204 g/mol. The third-order valence-electron chi connectivity index (χ3n) is 2.17. The molecule has 0 unspecified atom stereocenters. The van der Waals surface area contributed by atoms with Gasteiger partial charge in [0, 0.05) is 11.3 Å². The summed E-state index contributed by atoms with van der Waals surface area (Å²) in [6, 6.07) is 9.49. The van der Waals surface area contributed by atoms with Crippen molar-refractivity contribution in [3.8, 4) is 0 Å². The average molecular weight is 222 g/mol. The van der Waals surface area contributed by atoms with Gasteiger partial charge in [0.25, 0.3) is 0 Å². The Morgan fingerprint density at radius 3 is 2.53 bits per heavy atom. The third kappa shape index (κ3) is 5.03. The molecule has 82 valence electrons. The van der Waals surface area contributed by atoms with Crippen molar-refractivity contribution in [1.82, 2.24) is 0 Å². The largest absolute Gasteiger partial charge is 0.282 e. The average Bonchev–Trinajstić information content (AvgIpc) is 2.25. The lowest BCUT2D eigenvalue weighted by atomic mass is 10.1. The Morgan fingerprint density at radius 1 is 1.27 bits per heavy atom. The second-order valence-corrected chi connectivity index (χ2v) is 5.11. The predicted octanol–water partition coefficient (Wildman–Crippen LogP) is 4.00. The van der Waals surface area contributed by atoms with Crippen LogP contribution in [0, 0.1) is 5.92 Å². The molecule has 0 aliphatic heterocycles. The van der Waals surface area contributed by atoms with Crippen LogP contribution in [0.25, 0.3) is 0 Å². The van der Waals surface area contributed by atoms with Crippen LogP contribution in [0.15, 0.2) is 30.3 Å². The van der Waals surface area contributed by atoms with Gasteiger partial charge in [0.05, 0.1) is 0 Å². The molecule has 1 rings (SSSR count). The zero-order chi connectivity index (χ0) is 11.1. The summed E-state index contributed by atoms with van der Waals surface area (Å²) in [4.78, 5) is 11.7. The number of hydrogen-bond donors (Lipinski definition) is 0. The third-order valence-corrected chi connectivity index (χ3v) is 3.16. The first-order valence-corrected chi connectivity index (χ1v) is 6.41. The maximum absolute atomic E-state index is 11.7. The second kappa shape index (κ2) is 6.67. The topological polar surface area (TPSA) is 17.1 Å². The van der Waals surface area contributed by atoms with E-state index < -0.39 is 0 Å². The zero-order valence-corrected chi connectivity index (χ0v) is 10.2. The Kier molecular flexibility index (Phi) is 5.48. The van der Waals surface area contributed by atoms with Gasteiger partial charge < -0.3 is 0 Å². The van der Waals surface area contributed by atoms with Crippen molar-refractivity contribution >= 4 is 16.9 Å². The molecule has 0 amide bonds. The highest BCUT2D eigenvalue weighted by Gasteiger charge is 2.05. The zero-order valence-electron chi connectivity index (χ0n) is 9.40. The van der Waals surface area contributed by atoms with E-state index in [9.17, 15) is 4.79 Å². The van der Waals surface area contributed by atoms with Crippen LogP contribution in [0.4, 0.5) is 0 Å². The van der Waals surface area contributed by atoms with Crippen LogP contribution in [0.2, 0.25) is 0 Å². The fourth-order valence-corrected chi connectivity index (χ4v) is 2.11. The Bertz CT molecular complexity index is 293. The summed E-state index contributed by atoms with van der Waals surface area (Å²) in [7, 11) is 0. The first-order valence-electron chi connectivity index (χ1n) is 5.42. The van der Waals surface area contributed by atoms with E-state index in [4.69, 9.17) is 0 Å². The van der Waals surface area contributed by atoms with Gasteiger partial charge in [0.2, 0.25) is 5.12 Å². The van der Waals surface area contributed by atoms with E-state index >= 15 is 0 Å². The van der Waals surface area contributed by atoms with E-state index in [-0.39, 0.29) is 5.12 Å². The summed E-state index contributed by atoms with van der Waals surface area (Å²) in [6.07, 6.45) is 2.33. The smallest absolute Gasteiger partial charge is 0.219 e. The first kappa shape index (κ1) is 12.3. The van der Waals surface area contributed by atoms with E-state index in [1.165, 1.54) is 18.2 Å². The molecule has 0 radical (unpaired) electrons. The van der Waals surface area contributed by atoms with Gasteiger partial charge in [0.15, 0.2) is 0 Å². The minimum atomic E-state index is 0.194. The number of benzene rings is 1. The molecule has 0 aromatic heterocycles. The van der Waals surface area contributed by atoms with Crippen molar-refractivity contribution in [2.45, 2.75) is 26.7 Å². The summed E-state index contributed by atoms with van der Waals surface area (Å²) >= 11 is 1.43. The van der Waals surface area contributed by atoms with E-state index in [1.807, 2.05) is 30.3 Å². The summed E-state index contributed by atoms with van der Waals surface area (Å²) in [5.74, 6) is 1.67. The van der Waals surface area contributed by atoms with Gasteiger partial charge in [-0.15, -0.1) is 0 Å². The van der Waals surface area contributed by atoms with Crippen LogP contribution < -0.4 is 0 Å². The molecule has 0 atom stereocenters. The van der Waals surface area contributed by atoms with Crippen molar-refractivity contribution in [2.24, 2.45) is 5.92 Å². The number of carbonyl (C=O) groups is 1. The fourth-order valence-electron chi connectivity index (χ4n) is 1.31. The molecule has 0 spiro atoms. The van der Waals surface area contributed by atoms with Crippen molar-refractivity contribution in [3.05, 3.63) is 35.9 Å². The van der Waals surface area contributed by atoms with Crippen LogP contribution in [-0.4, -0.2) is 10.9 Å². The summed E-state index contributed by atoms with van der Waals surface area (Å²) in [5.41, 5.74) is 0.812. The number of carbonyl (C=O) groups excluding carboxylic acids is 1. The molecule has 0 N–H and O–H groups in total. The summed E-state index contributed by atoms with van der Waals surface area (Å²) < 4.78 is 0. The van der Waals surface area contributed by atoms with Gasteiger partial charge in [-0.05, 0) is 12.3 Å². The molecule has 0 saturated carbocycles. The maximum Gasteiger partial charge on any atom is 0.219 e. The second-order valence-electron chi connectivity index (χ2n) is 4.04.